The number of hydrogen-bond acceptors (Lipinski definition) is 2. The van der Waals surface area contributed by atoms with Crippen LogP contribution in [-0.2, 0) is 12.8 Å². The molecule has 1 aliphatic carbocycles. The predicted octanol–water partition coefficient (Wildman–Crippen LogP) is 3.26. The largest absolute Gasteiger partial charge is 0.192 e. The van der Waals surface area contributed by atoms with Crippen molar-refractivity contribution in [1.29, 1.82) is 5.26 Å². The van der Waals surface area contributed by atoms with Gasteiger partial charge in [-0.3, -0.25) is 0 Å². The van der Waals surface area contributed by atoms with E-state index in [1.54, 1.807) is 11.3 Å². The van der Waals surface area contributed by atoms with Crippen molar-refractivity contribution < 1.29 is 0 Å². The van der Waals surface area contributed by atoms with Crippen LogP contribution in [0, 0.1) is 11.3 Å². The van der Waals surface area contributed by atoms with Crippen molar-refractivity contribution in [3.63, 3.8) is 0 Å². The number of rotatable bonds is 0. The summed E-state index contributed by atoms with van der Waals surface area (Å²) in [5.41, 5.74) is 2.19. The molecule has 0 atom stereocenters. The molecule has 1 aliphatic rings. The molecule has 62 valence electrons. The topological polar surface area (TPSA) is 23.8 Å². The molecule has 3 heteroatoms. The molecule has 0 spiro atoms. The Morgan fingerprint density at radius 2 is 2.08 bits per heavy atom. The van der Waals surface area contributed by atoms with Gasteiger partial charge in [-0.05, 0) is 47.2 Å². The van der Waals surface area contributed by atoms with Crippen LogP contribution in [-0.4, -0.2) is 0 Å². The highest BCUT2D eigenvalue weighted by molar-refractivity contribution is 9.11. The van der Waals surface area contributed by atoms with Crippen LogP contribution >= 0.6 is 27.3 Å². The van der Waals surface area contributed by atoms with E-state index >= 15 is 0 Å². The molecule has 12 heavy (non-hydrogen) atoms. The zero-order chi connectivity index (χ0) is 8.55. The molecule has 2 rings (SSSR count). The van der Waals surface area contributed by atoms with Crippen LogP contribution < -0.4 is 0 Å². The van der Waals surface area contributed by atoms with Crippen LogP contribution in [0.25, 0.3) is 0 Å². The third-order valence-corrected chi connectivity index (χ3v) is 4.20. The Kier molecular flexibility index (Phi) is 2.20. The first-order valence-electron chi connectivity index (χ1n) is 4.03. The van der Waals surface area contributed by atoms with Gasteiger partial charge in [0.25, 0.3) is 0 Å². The van der Waals surface area contributed by atoms with E-state index in [2.05, 4.69) is 22.0 Å². The van der Waals surface area contributed by atoms with Gasteiger partial charge in [-0.2, -0.15) is 5.26 Å². The maximum Gasteiger partial charge on any atom is 0.102 e. The quantitative estimate of drug-likeness (QED) is 0.685. The van der Waals surface area contributed by atoms with Crippen LogP contribution in [0.1, 0.15) is 28.8 Å². The van der Waals surface area contributed by atoms with Crippen LogP contribution in [0.5, 0.6) is 0 Å². The summed E-state index contributed by atoms with van der Waals surface area (Å²) >= 11 is 5.17. The predicted molar refractivity (Wildman–Crippen MR) is 53.4 cm³/mol. The molecule has 0 fully saturated rings. The summed E-state index contributed by atoms with van der Waals surface area (Å²) in [6.07, 6.45) is 4.79. The van der Waals surface area contributed by atoms with Crippen LogP contribution in [0.4, 0.5) is 0 Å². The summed E-state index contributed by atoms with van der Waals surface area (Å²) in [4.78, 5) is 1.42. The average Bonchev–Trinajstić information content (AvgIpc) is 2.40. The van der Waals surface area contributed by atoms with Crippen molar-refractivity contribution in [1.82, 2.24) is 0 Å². The van der Waals surface area contributed by atoms with Gasteiger partial charge in [0.1, 0.15) is 6.07 Å². The summed E-state index contributed by atoms with van der Waals surface area (Å²) in [6.45, 7) is 0. The molecule has 1 heterocycles. The van der Waals surface area contributed by atoms with E-state index in [1.807, 2.05) is 0 Å². The third kappa shape index (κ3) is 1.19. The third-order valence-electron chi connectivity index (χ3n) is 2.24. The smallest absolute Gasteiger partial charge is 0.102 e. The number of nitrogens with zero attached hydrogens (tertiary/aromatic N) is 1. The number of thiophene rings is 1. The lowest BCUT2D eigenvalue weighted by Crippen LogP contribution is -1.99. The molecular weight excluding hydrogens is 234 g/mol. The number of nitriles is 1. The maximum atomic E-state index is 8.89. The standard InChI is InChI=1S/C9H8BrNS/c10-9-7(5-11)6-3-1-2-4-8(6)12-9/h1-4H2. The van der Waals surface area contributed by atoms with Crippen molar-refractivity contribution in [2.24, 2.45) is 0 Å². The minimum absolute atomic E-state index is 0.884. The van der Waals surface area contributed by atoms with Gasteiger partial charge in [0.05, 0.1) is 9.35 Å². The number of hydrogen-bond donors (Lipinski definition) is 0. The fourth-order valence-corrected chi connectivity index (χ4v) is 3.62. The zero-order valence-corrected chi connectivity index (χ0v) is 8.96. The first-order chi connectivity index (χ1) is 5.83. The summed E-state index contributed by atoms with van der Waals surface area (Å²) in [5, 5.41) is 8.89. The van der Waals surface area contributed by atoms with E-state index in [0.717, 1.165) is 15.8 Å². The minimum Gasteiger partial charge on any atom is -0.192 e. The SMILES string of the molecule is N#Cc1c(Br)sc2c1CCCC2. The van der Waals surface area contributed by atoms with Gasteiger partial charge in [0.15, 0.2) is 0 Å². The minimum atomic E-state index is 0.884. The molecule has 0 unspecified atom stereocenters. The van der Waals surface area contributed by atoms with Gasteiger partial charge in [-0.15, -0.1) is 11.3 Å². The van der Waals surface area contributed by atoms with Crippen molar-refractivity contribution in [3.8, 4) is 6.07 Å². The van der Waals surface area contributed by atoms with Crippen LogP contribution in [0.3, 0.4) is 0 Å². The normalized spacial score (nSPS) is 15.3. The second-order valence-electron chi connectivity index (χ2n) is 2.97. The lowest BCUT2D eigenvalue weighted by Gasteiger charge is -2.09. The van der Waals surface area contributed by atoms with Gasteiger partial charge in [0.2, 0.25) is 0 Å². The lowest BCUT2D eigenvalue weighted by atomic mass is 9.96. The zero-order valence-electron chi connectivity index (χ0n) is 6.56. The Hall–Kier alpha value is -0.330. The van der Waals surface area contributed by atoms with Crippen molar-refractivity contribution >= 4 is 27.3 Å². The van der Waals surface area contributed by atoms with Gasteiger partial charge >= 0.3 is 0 Å². The second-order valence-corrected chi connectivity index (χ2v) is 5.39. The maximum absolute atomic E-state index is 8.89. The Labute approximate surface area is 84.2 Å². The van der Waals surface area contributed by atoms with E-state index in [1.165, 1.54) is 29.7 Å². The number of halogens is 1. The molecular formula is C9H8BrNS. The van der Waals surface area contributed by atoms with Gasteiger partial charge in [-0.1, -0.05) is 0 Å². The first kappa shape index (κ1) is 8.28. The van der Waals surface area contributed by atoms with Crippen molar-refractivity contribution in [2.75, 3.05) is 0 Å². The van der Waals surface area contributed by atoms with Gasteiger partial charge in [0, 0.05) is 4.88 Å². The Balaban J connectivity index is 2.56. The fourth-order valence-electron chi connectivity index (χ4n) is 1.64. The van der Waals surface area contributed by atoms with Gasteiger partial charge in [-0.25, -0.2) is 0 Å². The summed E-state index contributed by atoms with van der Waals surface area (Å²) in [7, 11) is 0. The van der Waals surface area contributed by atoms with Crippen molar-refractivity contribution in [2.45, 2.75) is 25.7 Å². The monoisotopic (exact) mass is 241 g/mol. The van der Waals surface area contributed by atoms with E-state index in [-0.39, 0.29) is 0 Å². The van der Waals surface area contributed by atoms with E-state index in [4.69, 9.17) is 5.26 Å². The Bertz CT molecular complexity index is 348. The van der Waals surface area contributed by atoms with Gasteiger partial charge < -0.3 is 0 Å². The summed E-state index contributed by atoms with van der Waals surface area (Å²) in [5.74, 6) is 0. The fraction of sp³-hybridized carbons (Fsp3) is 0.444. The van der Waals surface area contributed by atoms with E-state index < -0.39 is 0 Å². The highest BCUT2D eigenvalue weighted by Crippen LogP contribution is 2.36. The highest BCUT2D eigenvalue weighted by Gasteiger charge is 2.18. The molecule has 1 aromatic heterocycles. The van der Waals surface area contributed by atoms with Crippen LogP contribution in [0.15, 0.2) is 3.79 Å². The summed E-state index contributed by atoms with van der Waals surface area (Å²) in [6, 6.07) is 2.27. The van der Waals surface area contributed by atoms with Crippen LogP contribution in [0.2, 0.25) is 0 Å². The number of fused-ring (bicyclic) bond motifs is 1. The Morgan fingerprint density at radius 1 is 1.33 bits per heavy atom. The van der Waals surface area contributed by atoms with E-state index in [0.29, 0.717) is 0 Å². The molecule has 0 bridgehead atoms. The highest BCUT2D eigenvalue weighted by atomic mass is 79.9. The first-order valence-corrected chi connectivity index (χ1v) is 5.64. The van der Waals surface area contributed by atoms with Crippen molar-refractivity contribution in [3.05, 3.63) is 19.8 Å². The molecule has 0 saturated heterocycles. The molecule has 1 nitrogen and oxygen atoms in total. The molecule has 0 radical (unpaired) electrons. The second kappa shape index (κ2) is 3.20. The molecule has 0 saturated carbocycles. The number of aryl methyl sites for hydroxylation is 1. The average molecular weight is 242 g/mol. The lowest BCUT2D eigenvalue weighted by molar-refractivity contribution is 0.696. The molecule has 0 amide bonds. The molecule has 0 aliphatic heterocycles. The summed E-state index contributed by atoms with van der Waals surface area (Å²) < 4.78 is 1.02. The molecule has 1 aromatic rings. The molecule has 0 aromatic carbocycles. The molecule has 0 N–H and O–H groups in total. The van der Waals surface area contributed by atoms with E-state index in [9.17, 15) is 0 Å². The Morgan fingerprint density at radius 3 is 2.83 bits per heavy atom.